The second kappa shape index (κ2) is 5.21. The first-order valence-electron chi connectivity index (χ1n) is 5.21. The highest BCUT2D eigenvalue weighted by atomic mass is 19.2. The van der Waals surface area contributed by atoms with Crippen molar-refractivity contribution in [2.24, 2.45) is 5.73 Å². The van der Waals surface area contributed by atoms with E-state index in [1.54, 1.807) is 6.07 Å². The lowest BCUT2D eigenvalue weighted by Gasteiger charge is -2.13. The Balaban J connectivity index is 2.65. The predicted octanol–water partition coefficient (Wildman–Crippen LogP) is 3.20. The van der Waals surface area contributed by atoms with E-state index in [-0.39, 0.29) is 12.0 Å². The average Bonchev–Trinajstić information content (AvgIpc) is 2.18. The van der Waals surface area contributed by atoms with E-state index in [0.717, 1.165) is 18.4 Å². The van der Waals surface area contributed by atoms with Crippen LogP contribution in [0.4, 0.5) is 8.78 Å². The average molecular weight is 213 g/mol. The van der Waals surface area contributed by atoms with Gasteiger partial charge in [-0.15, -0.1) is 0 Å². The van der Waals surface area contributed by atoms with E-state index < -0.39 is 11.6 Å². The first-order chi connectivity index (χ1) is 7.00. The Labute approximate surface area is 89.3 Å². The Kier molecular flexibility index (Phi) is 4.21. The van der Waals surface area contributed by atoms with Crippen LogP contribution in [0.5, 0.6) is 0 Å². The van der Waals surface area contributed by atoms with Gasteiger partial charge < -0.3 is 5.73 Å². The molecule has 0 saturated carbocycles. The zero-order valence-electron chi connectivity index (χ0n) is 9.13. The van der Waals surface area contributed by atoms with Crippen molar-refractivity contribution < 1.29 is 8.78 Å². The molecule has 0 aliphatic rings. The molecule has 2 N–H and O–H groups in total. The molecule has 15 heavy (non-hydrogen) atoms. The van der Waals surface area contributed by atoms with Crippen LogP contribution in [0.15, 0.2) is 18.2 Å². The summed E-state index contributed by atoms with van der Waals surface area (Å²) in [4.78, 5) is 0. The third-order valence-corrected chi connectivity index (χ3v) is 2.57. The van der Waals surface area contributed by atoms with Gasteiger partial charge in [-0.1, -0.05) is 13.0 Å². The molecule has 0 saturated heterocycles. The minimum absolute atomic E-state index is 0.151. The molecule has 0 heterocycles. The number of nitrogens with two attached hydrogens (primary N) is 1. The van der Waals surface area contributed by atoms with Gasteiger partial charge in [-0.3, -0.25) is 0 Å². The maximum absolute atomic E-state index is 12.9. The zero-order valence-corrected chi connectivity index (χ0v) is 9.13. The van der Waals surface area contributed by atoms with Crippen molar-refractivity contribution in [1.82, 2.24) is 0 Å². The van der Waals surface area contributed by atoms with Gasteiger partial charge in [0.15, 0.2) is 11.6 Å². The van der Waals surface area contributed by atoms with E-state index in [1.165, 1.54) is 12.1 Å². The van der Waals surface area contributed by atoms with Gasteiger partial charge in [-0.2, -0.15) is 0 Å². The van der Waals surface area contributed by atoms with Gasteiger partial charge >= 0.3 is 0 Å². The molecular weight excluding hydrogens is 196 g/mol. The van der Waals surface area contributed by atoms with E-state index in [2.05, 4.69) is 0 Å². The Morgan fingerprint density at radius 2 is 1.80 bits per heavy atom. The van der Waals surface area contributed by atoms with Crippen molar-refractivity contribution in [1.29, 1.82) is 0 Å². The fraction of sp³-hybridized carbons (Fsp3) is 0.500. The van der Waals surface area contributed by atoms with Gasteiger partial charge in [0.1, 0.15) is 0 Å². The highest BCUT2D eigenvalue weighted by Crippen LogP contribution is 2.22. The van der Waals surface area contributed by atoms with Crippen molar-refractivity contribution >= 4 is 0 Å². The highest BCUT2D eigenvalue weighted by molar-refractivity contribution is 5.21. The van der Waals surface area contributed by atoms with Gasteiger partial charge in [0.2, 0.25) is 0 Å². The van der Waals surface area contributed by atoms with E-state index in [1.807, 2.05) is 13.8 Å². The van der Waals surface area contributed by atoms with Crippen LogP contribution in [-0.4, -0.2) is 6.04 Å². The number of hydrogen-bond donors (Lipinski definition) is 1. The van der Waals surface area contributed by atoms with Crippen molar-refractivity contribution in [3.05, 3.63) is 35.4 Å². The SMILES string of the molecule is CC(N)CCC(C)c1ccc(F)c(F)c1. The van der Waals surface area contributed by atoms with Gasteiger partial charge in [-0.25, -0.2) is 8.78 Å². The first-order valence-corrected chi connectivity index (χ1v) is 5.21. The molecule has 84 valence electrons. The normalized spacial score (nSPS) is 15.0. The summed E-state index contributed by atoms with van der Waals surface area (Å²) < 4.78 is 25.6. The third kappa shape index (κ3) is 3.59. The largest absolute Gasteiger partial charge is 0.328 e. The molecule has 0 aromatic heterocycles. The molecule has 0 amide bonds. The summed E-state index contributed by atoms with van der Waals surface area (Å²) >= 11 is 0. The molecule has 1 rings (SSSR count). The summed E-state index contributed by atoms with van der Waals surface area (Å²) in [7, 11) is 0. The maximum Gasteiger partial charge on any atom is 0.159 e. The summed E-state index contributed by atoms with van der Waals surface area (Å²) in [6.45, 7) is 3.94. The van der Waals surface area contributed by atoms with Crippen LogP contribution in [0.2, 0.25) is 0 Å². The number of halogens is 2. The van der Waals surface area contributed by atoms with Crippen LogP contribution in [-0.2, 0) is 0 Å². The molecule has 1 aromatic rings. The van der Waals surface area contributed by atoms with Gasteiger partial charge in [0.25, 0.3) is 0 Å². The molecule has 3 heteroatoms. The number of rotatable bonds is 4. The minimum Gasteiger partial charge on any atom is -0.328 e. The van der Waals surface area contributed by atoms with Crippen LogP contribution in [0, 0.1) is 11.6 Å². The maximum atomic E-state index is 12.9. The van der Waals surface area contributed by atoms with Crippen LogP contribution in [0.1, 0.15) is 38.2 Å². The first kappa shape index (κ1) is 12.1. The lowest BCUT2D eigenvalue weighted by Crippen LogP contribution is -2.15. The van der Waals surface area contributed by atoms with Crippen LogP contribution >= 0.6 is 0 Å². The van der Waals surface area contributed by atoms with Crippen LogP contribution in [0.25, 0.3) is 0 Å². The van der Waals surface area contributed by atoms with E-state index in [9.17, 15) is 8.78 Å². The van der Waals surface area contributed by atoms with Gasteiger partial charge in [-0.05, 0) is 43.4 Å². The smallest absolute Gasteiger partial charge is 0.159 e. The summed E-state index contributed by atoms with van der Waals surface area (Å²) in [6.07, 6.45) is 1.78. The lowest BCUT2D eigenvalue weighted by atomic mass is 9.94. The Bertz CT molecular complexity index is 323. The molecule has 0 bridgehead atoms. The molecule has 0 spiro atoms. The van der Waals surface area contributed by atoms with Crippen molar-refractivity contribution in [2.45, 2.75) is 38.6 Å². The highest BCUT2D eigenvalue weighted by Gasteiger charge is 2.09. The van der Waals surface area contributed by atoms with Crippen LogP contribution in [0.3, 0.4) is 0 Å². The summed E-state index contributed by atoms with van der Waals surface area (Å²) in [6, 6.07) is 4.22. The number of benzene rings is 1. The lowest BCUT2D eigenvalue weighted by molar-refractivity contribution is 0.502. The van der Waals surface area contributed by atoms with Crippen molar-refractivity contribution in [3.8, 4) is 0 Å². The summed E-state index contributed by atoms with van der Waals surface area (Å²) in [5.41, 5.74) is 6.47. The fourth-order valence-corrected chi connectivity index (χ4v) is 1.50. The zero-order chi connectivity index (χ0) is 11.4. The van der Waals surface area contributed by atoms with Gasteiger partial charge in [0, 0.05) is 6.04 Å². The van der Waals surface area contributed by atoms with E-state index in [4.69, 9.17) is 5.73 Å². The molecule has 0 fully saturated rings. The van der Waals surface area contributed by atoms with Gasteiger partial charge in [0.05, 0.1) is 0 Å². The Hall–Kier alpha value is -0.960. The molecule has 1 nitrogen and oxygen atoms in total. The molecule has 0 radical (unpaired) electrons. The van der Waals surface area contributed by atoms with E-state index in [0.29, 0.717) is 0 Å². The Morgan fingerprint density at radius 1 is 1.13 bits per heavy atom. The molecule has 0 aliphatic carbocycles. The van der Waals surface area contributed by atoms with Crippen LogP contribution < -0.4 is 5.73 Å². The molecule has 2 atom stereocenters. The predicted molar refractivity (Wildman–Crippen MR) is 57.7 cm³/mol. The standard InChI is InChI=1S/C12H17F2N/c1-8(3-4-9(2)15)10-5-6-11(13)12(14)7-10/h5-9H,3-4,15H2,1-2H3. The quantitative estimate of drug-likeness (QED) is 0.816. The monoisotopic (exact) mass is 213 g/mol. The molecule has 0 aliphatic heterocycles. The van der Waals surface area contributed by atoms with E-state index >= 15 is 0 Å². The topological polar surface area (TPSA) is 26.0 Å². The fourth-order valence-electron chi connectivity index (χ4n) is 1.50. The molecule has 2 unspecified atom stereocenters. The second-order valence-corrected chi connectivity index (χ2v) is 4.13. The molecular formula is C12H17F2N. The van der Waals surface area contributed by atoms with Crippen molar-refractivity contribution in [2.75, 3.05) is 0 Å². The van der Waals surface area contributed by atoms with Crippen molar-refractivity contribution in [3.63, 3.8) is 0 Å². The summed E-state index contributed by atoms with van der Waals surface area (Å²) in [5.74, 6) is -1.36. The molecule has 1 aromatic carbocycles. The number of hydrogen-bond acceptors (Lipinski definition) is 1. The third-order valence-electron chi connectivity index (χ3n) is 2.57. The second-order valence-electron chi connectivity index (χ2n) is 4.13. The minimum atomic E-state index is -0.793. The summed E-state index contributed by atoms with van der Waals surface area (Å²) in [5, 5.41) is 0. The Morgan fingerprint density at radius 3 is 2.33 bits per heavy atom.